The first-order chi connectivity index (χ1) is 8.98. The highest BCUT2D eigenvalue weighted by molar-refractivity contribution is 6.73. The average molecular weight is 282 g/mol. The van der Waals surface area contributed by atoms with Crippen LogP contribution in [0.15, 0.2) is 30.3 Å². The molecule has 19 heavy (non-hydrogen) atoms. The molecule has 1 saturated heterocycles. The minimum Gasteiger partial charge on any atom is -0.490 e. The first-order valence-corrected chi connectivity index (χ1v) is 9.62. The van der Waals surface area contributed by atoms with Crippen LogP contribution in [0, 0.1) is 0 Å². The second-order valence-corrected chi connectivity index (χ2v) is 9.45. The number of aliphatic hydroxyl groups is 1. The quantitative estimate of drug-likeness (QED) is 0.811. The number of para-hydroxylation sites is 1. The summed E-state index contributed by atoms with van der Waals surface area (Å²) in [5.41, 5.74) is -1.16. The van der Waals surface area contributed by atoms with Crippen LogP contribution in [-0.4, -0.2) is 44.6 Å². The molecule has 5 heteroatoms. The van der Waals surface area contributed by atoms with Crippen molar-refractivity contribution in [2.75, 3.05) is 19.8 Å². The van der Waals surface area contributed by atoms with Crippen LogP contribution in [0.4, 0.5) is 0 Å². The summed E-state index contributed by atoms with van der Waals surface area (Å²) in [5, 5.41) is 10.6. The molecule has 4 nitrogen and oxygen atoms in total. The van der Waals surface area contributed by atoms with E-state index in [1.54, 1.807) is 0 Å². The Morgan fingerprint density at radius 2 is 2.05 bits per heavy atom. The van der Waals surface area contributed by atoms with E-state index in [2.05, 4.69) is 13.1 Å². The van der Waals surface area contributed by atoms with E-state index in [-0.39, 0.29) is 12.3 Å². The van der Waals surface area contributed by atoms with Gasteiger partial charge in [0, 0.05) is 6.61 Å². The zero-order valence-corrected chi connectivity index (χ0v) is 12.8. The summed E-state index contributed by atoms with van der Waals surface area (Å²) in [6, 6.07) is 9.51. The largest absolute Gasteiger partial charge is 0.490 e. The summed E-state index contributed by atoms with van der Waals surface area (Å²) < 4.78 is 17.0. The number of ether oxygens (including phenoxy) is 2. The van der Waals surface area contributed by atoms with Crippen LogP contribution in [0.1, 0.15) is 6.92 Å². The molecule has 0 saturated carbocycles. The normalized spacial score (nSPS) is 26.8. The lowest BCUT2D eigenvalue weighted by Crippen LogP contribution is -2.71. The van der Waals surface area contributed by atoms with Gasteiger partial charge in [0.1, 0.15) is 23.7 Å². The van der Waals surface area contributed by atoms with Gasteiger partial charge < -0.3 is 19.0 Å². The topological polar surface area (TPSA) is 47.9 Å². The van der Waals surface area contributed by atoms with Gasteiger partial charge in [0.25, 0.3) is 0 Å². The maximum absolute atomic E-state index is 10.6. The van der Waals surface area contributed by atoms with Crippen molar-refractivity contribution in [2.45, 2.75) is 31.3 Å². The molecule has 1 fully saturated rings. The molecular formula is C14H22O4Si. The fourth-order valence-corrected chi connectivity index (χ4v) is 5.34. The number of hydrogen-bond donors (Lipinski definition) is 1. The van der Waals surface area contributed by atoms with E-state index in [1.807, 2.05) is 37.3 Å². The van der Waals surface area contributed by atoms with E-state index >= 15 is 0 Å². The van der Waals surface area contributed by atoms with Gasteiger partial charge in [-0.15, -0.1) is 0 Å². The van der Waals surface area contributed by atoms with Gasteiger partial charge in [0.05, 0.1) is 6.61 Å². The zero-order valence-electron chi connectivity index (χ0n) is 11.8. The van der Waals surface area contributed by atoms with Crippen molar-refractivity contribution in [2.24, 2.45) is 0 Å². The van der Waals surface area contributed by atoms with Gasteiger partial charge in [0.2, 0.25) is 8.32 Å². The van der Waals surface area contributed by atoms with Crippen LogP contribution in [0.3, 0.4) is 0 Å². The minimum atomic E-state index is -2.05. The van der Waals surface area contributed by atoms with Crippen LogP contribution < -0.4 is 4.74 Å². The number of hydrogen-bond acceptors (Lipinski definition) is 4. The molecule has 1 aliphatic heterocycles. The van der Waals surface area contributed by atoms with Crippen LogP contribution in [0.2, 0.25) is 13.1 Å². The summed E-state index contributed by atoms with van der Waals surface area (Å²) >= 11 is 0. The molecule has 0 aromatic heterocycles. The Balaban J connectivity index is 1.96. The van der Waals surface area contributed by atoms with Crippen LogP contribution in [0.25, 0.3) is 0 Å². The lowest BCUT2D eigenvalue weighted by Gasteiger charge is -2.50. The molecule has 0 spiro atoms. The van der Waals surface area contributed by atoms with Gasteiger partial charge in [-0.2, -0.15) is 0 Å². The number of benzene rings is 1. The minimum absolute atomic E-state index is 0.233. The molecule has 0 bridgehead atoms. The van der Waals surface area contributed by atoms with Crippen molar-refractivity contribution in [1.82, 2.24) is 0 Å². The molecular weight excluding hydrogens is 260 g/mol. The van der Waals surface area contributed by atoms with Crippen LogP contribution >= 0.6 is 0 Å². The molecule has 1 aromatic rings. The third kappa shape index (κ3) is 3.17. The molecule has 106 valence electrons. The maximum atomic E-state index is 10.6. The highest BCUT2D eigenvalue weighted by Crippen LogP contribution is 2.34. The maximum Gasteiger partial charge on any atom is 0.218 e. The van der Waals surface area contributed by atoms with Gasteiger partial charge in [-0.3, -0.25) is 0 Å². The van der Waals surface area contributed by atoms with Crippen molar-refractivity contribution in [3.8, 4) is 5.75 Å². The molecule has 0 aliphatic carbocycles. The summed E-state index contributed by atoms with van der Waals surface area (Å²) in [4.78, 5) is 0. The lowest BCUT2D eigenvalue weighted by atomic mass is 10.0. The standard InChI is InChI=1S/C14H22O4Si/c1-4-18-19(2,3)13-14(15,11-17-13)10-16-12-8-6-5-7-9-12/h5-9,13,15H,4,10-11H2,1-3H3. The van der Waals surface area contributed by atoms with E-state index in [1.165, 1.54) is 0 Å². The van der Waals surface area contributed by atoms with Crippen molar-refractivity contribution in [1.29, 1.82) is 0 Å². The van der Waals surface area contributed by atoms with Crippen molar-refractivity contribution >= 4 is 8.32 Å². The third-order valence-electron chi connectivity index (χ3n) is 3.37. The Hall–Kier alpha value is -0.883. The van der Waals surface area contributed by atoms with E-state index in [0.29, 0.717) is 13.2 Å². The first kappa shape index (κ1) is 14.5. The molecule has 2 rings (SSSR count). The van der Waals surface area contributed by atoms with Gasteiger partial charge in [0.15, 0.2) is 0 Å². The lowest BCUT2D eigenvalue weighted by molar-refractivity contribution is -0.223. The highest BCUT2D eigenvalue weighted by atomic mass is 28.4. The zero-order chi connectivity index (χ0) is 13.9. The van der Waals surface area contributed by atoms with Crippen molar-refractivity contribution in [3.05, 3.63) is 30.3 Å². The van der Waals surface area contributed by atoms with Gasteiger partial charge in [-0.05, 0) is 32.2 Å². The van der Waals surface area contributed by atoms with E-state index in [9.17, 15) is 5.11 Å². The molecule has 2 unspecified atom stereocenters. The fraction of sp³-hybridized carbons (Fsp3) is 0.571. The monoisotopic (exact) mass is 282 g/mol. The molecule has 1 aromatic carbocycles. The SMILES string of the molecule is CCO[Si](C)(C)C1OCC1(O)COc1ccccc1. The smallest absolute Gasteiger partial charge is 0.218 e. The van der Waals surface area contributed by atoms with E-state index in [0.717, 1.165) is 5.75 Å². The molecule has 1 aliphatic rings. The predicted molar refractivity (Wildman–Crippen MR) is 75.7 cm³/mol. The Labute approximate surface area is 115 Å². The van der Waals surface area contributed by atoms with Crippen LogP contribution in [-0.2, 0) is 9.16 Å². The third-order valence-corrected chi connectivity index (χ3v) is 6.37. The van der Waals surface area contributed by atoms with Crippen molar-refractivity contribution in [3.63, 3.8) is 0 Å². The molecule has 1 N–H and O–H groups in total. The van der Waals surface area contributed by atoms with E-state index < -0.39 is 13.9 Å². The molecule has 1 heterocycles. The van der Waals surface area contributed by atoms with Crippen molar-refractivity contribution < 1.29 is 19.0 Å². The van der Waals surface area contributed by atoms with Gasteiger partial charge in [-0.1, -0.05) is 18.2 Å². The second-order valence-electron chi connectivity index (χ2n) is 5.43. The fourth-order valence-electron chi connectivity index (χ4n) is 2.50. The van der Waals surface area contributed by atoms with E-state index in [4.69, 9.17) is 13.9 Å². The summed E-state index contributed by atoms with van der Waals surface area (Å²) in [6.07, 6.45) is 0. The Bertz CT molecular complexity index is 409. The first-order valence-electron chi connectivity index (χ1n) is 6.64. The average Bonchev–Trinajstić information content (AvgIpc) is 2.35. The molecule has 0 amide bonds. The Morgan fingerprint density at radius 1 is 1.37 bits per heavy atom. The molecule has 0 radical (unpaired) electrons. The second kappa shape index (κ2) is 5.62. The summed E-state index contributed by atoms with van der Waals surface area (Å²) in [5.74, 6) is 0.762. The van der Waals surface area contributed by atoms with Gasteiger partial charge >= 0.3 is 0 Å². The summed E-state index contributed by atoms with van der Waals surface area (Å²) in [7, 11) is -2.05. The Kier molecular flexibility index (Phi) is 4.30. The summed E-state index contributed by atoms with van der Waals surface area (Å²) in [6.45, 7) is 7.29. The highest BCUT2D eigenvalue weighted by Gasteiger charge is 2.57. The van der Waals surface area contributed by atoms with Crippen LogP contribution in [0.5, 0.6) is 5.75 Å². The Morgan fingerprint density at radius 3 is 2.58 bits per heavy atom. The molecule has 2 atom stereocenters. The van der Waals surface area contributed by atoms with Gasteiger partial charge in [-0.25, -0.2) is 0 Å². The number of rotatable bonds is 6. The predicted octanol–water partition coefficient (Wildman–Crippen LogP) is 1.98.